The first-order valence-electron chi connectivity index (χ1n) is 7.33. The van der Waals surface area contributed by atoms with Gasteiger partial charge in [-0.25, -0.2) is 0 Å². The van der Waals surface area contributed by atoms with Crippen molar-refractivity contribution < 1.29 is 14.6 Å². The third-order valence-corrected chi connectivity index (χ3v) is 4.23. The summed E-state index contributed by atoms with van der Waals surface area (Å²) in [6.07, 6.45) is 0.730. The predicted octanol–water partition coefficient (Wildman–Crippen LogP) is 3.46. The van der Waals surface area contributed by atoms with Crippen LogP contribution in [0.2, 0.25) is 0 Å². The molecule has 0 saturated carbocycles. The van der Waals surface area contributed by atoms with E-state index in [2.05, 4.69) is 5.32 Å². The Morgan fingerprint density at radius 1 is 1.41 bits per heavy atom. The van der Waals surface area contributed by atoms with Crippen molar-refractivity contribution in [3.05, 3.63) is 46.2 Å². The van der Waals surface area contributed by atoms with Gasteiger partial charge in [-0.05, 0) is 43.0 Å². The van der Waals surface area contributed by atoms with Crippen LogP contribution in [0.4, 0.5) is 5.69 Å². The molecule has 4 nitrogen and oxygen atoms in total. The minimum Gasteiger partial charge on any atom is -0.494 e. The highest BCUT2D eigenvalue weighted by molar-refractivity contribution is 7.09. The summed E-state index contributed by atoms with van der Waals surface area (Å²) >= 11 is 1.66. The molecule has 118 valence electrons. The van der Waals surface area contributed by atoms with Gasteiger partial charge in [-0.15, -0.1) is 11.3 Å². The lowest BCUT2D eigenvalue weighted by Gasteiger charge is -2.14. The molecule has 0 aliphatic rings. The van der Waals surface area contributed by atoms with E-state index in [1.165, 1.54) is 4.88 Å². The van der Waals surface area contributed by atoms with Gasteiger partial charge in [-0.2, -0.15) is 0 Å². The number of carbonyl (C=O) groups is 1. The van der Waals surface area contributed by atoms with Crippen LogP contribution in [0.1, 0.15) is 24.3 Å². The number of benzene rings is 1. The monoisotopic (exact) mass is 319 g/mol. The molecule has 1 atom stereocenters. The highest BCUT2D eigenvalue weighted by atomic mass is 32.1. The molecule has 22 heavy (non-hydrogen) atoms. The van der Waals surface area contributed by atoms with Gasteiger partial charge in [0.05, 0.1) is 13.2 Å². The Labute approximate surface area is 134 Å². The maximum absolute atomic E-state index is 12.2. The van der Waals surface area contributed by atoms with Gasteiger partial charge < -0.3 is 15.2 Å². The minimum atomic E-state index is -0.121. The van der Waals surface area contributed by atoms with Crippen LogP contribution in [0.15, 0.2) is 35.7 Å². The summed E-state index contributed by atoms with van der Waals surface area (Å²) in [6.45, 7) is 4.22. The number of carbonyl (C=O) groups excluding carboxylic acids is 1. The minimum absolute atomic E-state index is 0.0264. The summed E-state index contributed by atoms with van der Waals surface area (Å²) in [5.41, 5.74) is 1.35. The molecule has 2 aromatic rings. The van der Waals surface area contributed by atoms with Crippen molar-refractivity contribution in [3.8, 4) is 5.75 Å². The number of hydrogen-bond acceptors (Lipinski definition) is 4. The summed E-state index contributed by atoms with van der Waals surface area (Å²) in [4.78, 5) is 13.4. The first kappa shape index (κ1) is 16.5. The van der Waals surface area contributed by atoms with Crippen molar-refractivity contribution in [2.24, 2.45) is 5.92 Å². The van der Waals surface area contributed by atoms with E-state index in [0.29, 0.717) is 23.6 Å². The van der Waals surface area contributed by atoms with E-state index in [4.69, 9.17) is 4.74 Å². The molecule has 0 saturated heterocycles. The summed E-state index contributed by atoms with van der Waals surface area (Å²) in [6, 6.07) is 9.34. The maximum atomic E-state index is 12.2. The second-order valence-electron chi connectivity index (χ2n) is 5.09. The SMILES string of the molecule is CCOc1ccc(NC(=O)C(C)Cc2cccs2)cc1CO. The maximum Gasteiger partial charge on any atom is 0.227 e. The number of hydrogen-bond donors (Lipinski definition) is 2. The fraction of sp³-hybridized carbons (Fsp3) is 0.353. The Morgan fingerprint density at radius 2 is 2.23 bits per heavy atom. The standard InChI is InChI=1S/C17H21NO3S/c1-3-21-16-7-6-14(10-13(16)11-19)18-17(20)12(2)9-15-5-4-8-22-15/h4-8,10,12,19H,3,9,11H2,1-2H3,(H,18,20). The number of rotatable bonds is 7. The fourth-order valence-electron chi connectivity index (χ4n) is 2.17. The number of ether oxygens (including phenoxy) is 1. The second-order valence-corrected chi connectivity index (χ2v) is 6.12. The van der Waals surface area contributed by atoms with Gasteiger partial charge in [0, 0.05) is 22.0 Å². The molecule has 1 amide bonds. The smallest absolute Gasteiger partial charge is 0.227 e. The first-order valence-corrected chi connectivity index (χ1v) is 8.21. The molecule has 1 aromatic heterocycles. The molecule has 0 spiro atoms. The van der Waals surface area contributed by atoms with E-state index in [1.807, 2.05) is 31.4 Å². The van der Waals surface area contributed by atoms with Crippen molar-refractivity contribution >= 4 is 22.9 Å². The van der Waals surface area contributed by atoms with E-state index < -0.39 is 0 Å². The first-order chi connectivity index (χ1) is 10.6. The lowest BCUT2D eigenvalue weighted by molar-refractivity contribution is -0.119. The van der Waals surface area contributed by atoms with Crippen LogP contribution in [-0.2, 0) is 17.8 Å². The largest absolute Gasteiger partial charge is 0.494 e. The van der Waals surface area contributed by atoms with Crippen LogP contribution in [-0.4, -0.2) is 17.6 Å². The molecule has 1 unspecified atom stereocenters. The molecule has 0 aliphatic heterocycles. The molecule has 1 heterocycles. The van der Waals surface area contributed by atoms with Crippen molar-refractivity contribution in [1.29, 1.82) is 0 Å². The zero-order valence-electron chi connectivity index (χ0n) is 12.8. The number of anilines is 1. The molecule has 0 aliphatic carbocycles. The van der Waals surface area contributed by atoms with E-state index in [-0.39, 0.29) is 18.4 Å². The lowest BCUT2D eigenvalue weighted by Crippen LogP contribution is -2.22. The Balaban J connectivity index is 2.01. The van der Waals surface area contributed by atoms with Crippen LogP contribution in [0.3, 0.4) is 0 Å². The zero-order chi connectivity index (χ0) is 15.9. The molecule has 2 rings (SSSR count). The van der Waals surface area contributed by atoms with Gasteiger partial charge >= 0.3 is 0 Å². The molecule has 1 aromatic carbocycles. The Morgan fingerprint density at radius 3 is 2.86 bits per heavy atom. The molecule has 0 bridgehead atoms. The number of thiophene rings is 1. The molecular formula is C17H21NO3S. The Bertz CT molecular complexity index is 610. The zero-order valence-corrected chi connectivity index (χ0v) is 13.7. The second kappa shape index (κ2) is 7.96. The van der Waals surface area contributed by atoms with Crippen molar-refractivity contribution in [1.82, 2.24) is 0 Å². The third kappa shape index (κ3) is 4.32. The summed E-state index contributed by atoms with van der Waals surface area (Å²) < 4.78 is 5.43. The summed E-state index contributed by atoms with van der Waals surface area (Å²) in [7, 11) is 0. The van der Waals surface area contributed by atoms with Crippen LogP contribution >= 0.6 is 11.3 Å². The lowest BCUT2D eigenvalue weighted by atomic mass is 10.1. The van der Waals surface area contributed by atoms with Crippen LogP contribution < -0.4 is 10.1 Å². The van der Waals surface area contributed by atoms with E-state index >= 15 is 0 Å². The van der Waals surface area contributed by atoms with E-state index in [0.717, 1.165) is 6.42 Å². The molecule has 0 fully saturated rings. The van der Waals surface area contributed by atoms with Crippen LogP contribution in [0.5, 0.6) is 5.75 Å². The van der Waals surface area contributed by atoms with Gasteiger partial charge in [0.15, 0.2) is 0 Å². The average Bonchev–Trinajstić information content (AvgIpc) is 3.01. The third-order valence-electron chi connectivity index (χ3n) is 3.33. The predicted molar refractivity (Wildman–Crippen MR) is 89.4 cm³/mol. The Kier molecular flexibility index (Phi) is 5.98. The molecular weight excluding hydrogens is 298 g/mol. The van der Waals surface area contributed by atoms with Gasteiger partial charge in [-0.3, -0.25) is 4.79 Å². The molecule has 5 heteroatoms. The van der Waals surface area contributed by atoms with E-state index in [1.54, 1.807) is 29.5 Å². The van der Waals surface area contributed by atoms with Crippen molar-refractivity contribution in [3.63, 3.8) is 0 Å². The van der Waals surface area contributed by atoms with Gasteiger partial charge in [0.1, 0.15) is 5.75 Å². The number of aliphatic hydroxyl groups is 1. The Hall–Kier alpha value is -1.85. The quantitative estimate of drug-likeness (QED) is 0.822. The topological polar surface area (TPSA) is 58.6 Å². The van der Waals surface area contributed by atoms with Crippen LogP contribution in [0.25, 0.3) is 0 Å². The summed E-state index contributed by atoms with van der Waals surface area (Å²) in [5, 5.41) is 14.3. The van der Waals surface area contributed by atoms with Gasteiger partial charge in [0.25, 0.3) is 0 Å². The number of nitrogens with one attached hydrogen (secondary N) is 1. The highest BCUT2D eigenvalue weighted by Gasteiger charge is 2.15. The van der Waals surface area contributed by atoms with Crippen molar-refractivity contribution in [2.45, 2.75) is 26.9 Å². The number of aliphatic hydroxyl groups excluding tert-OH is 1. The van der Waals surface area contributed by atoms with Gasteiger partial charge in [-0.1, -0.05) is 13.0 Å². The average molecular weight is 319 g/mol. The van der Waals surface area contributed by atoms with Gasteiger partial charge in [0.2, 0.25) is 5.91 Å². The van der Waals surface area contributed by atoms with E-state index in [9.17, 15) is 9.90 Å². The number of amides is 1. The summed E-state index contributed by atoms with van der Waals surface area (Å²) in [5.74, 6) is 0.513. The van der Waals surface area contributed by atoms with Crippen molar-refractivity contribution in [2.75, 3.05) is 11.9 Å². The normalized spacial score (nSPS) is 12.0. The molecule has 2 N–H and O–H groups in total. The highest BCUT2D eigenvalue weighted by Crippen LogP contribution is 2.24. The fourth-order valence-corrected chi connectivity index (χ4v) is 3.00. The van der Waals surface area contributed by atoms with Crippen LogP contribution in [0, 0.1) is 5.92 Å². The molecule has 0 radical (unpaired) electrons.